The zero-order valence-corrected chi connectivity index (χ0v) is 13.1. The second kappa shape index (κ2) is 7.14. The third-order valence-electron chi connectivity index (χ3n) is 2.48. The molecule has 0 saturated carbocycles. The molecule has 0 bridgehead atoms. The quantitative estimate of drug-likeness (QED) is 0.749. The zero-order valence-electron chi connectivity index (χ0n) is 11.5. The minimum absolute atomic E-state index is 0.134. The molecule has 0 aliphatic rings. The number of furan rings is 1. The first-order chi connectivity index (χ1) is 10.3. The van der Waals surface area contributed by atoms with Crippen molar-refractivity contribution in [3.8, 4) is 0 Å². The Hall–Kier alpha value is -1.55. The Labute approximate surface area is 132 Å². The monoisotopic (exact) mass is 351 g/mol. The molecule has 1 amide bonds. The third-order valence-corrected chi connectivity index (χ3v) is 4.43. The van der Waals surface area contributed by atoms with Gasteiger partial charge >= 0.3 is 6.18 Å². The Balaban J connectivity index is 1.98. The van der Waals surface area contributed by atoms with E-state index in [-0.39, 0.29) is 12.3 Å². The molecule has 5 nitrogen and oxygen atoms in total. The molecule has 2 heterocycles. The van der Waals surface area contributed by atoms with Crippen molar-refractivity contribution >= 4 is 29.0 Å². The largest absolute Gasteiger partial charge is 0.467 e. The summed E-state index contributed by atoms with van der Waals surface area (Å²) in [5.41, 5.74) is 0. The van der Waals surface area contributed by atoms with E-state index in [2.05, 4.69) is 10.2 Å². The number of amides is 1. The minimum atomic E-state index is -4.47. The summed E-state index contributed by atoms with van der Waals surface area (Å²) in [7, 11) is 0. The summed E-state index contributed by atoms with van der Waals surface area (Å²) in [6.07, 6.45) is -3.11. The molecule has 0 spiro atoms. The molecule has 0 aromatic carbocycles. The molecule has 0 unspecified atom stereocenters. The smallest absolute Gasteiger partial charge is 0.406 e. The molecule has 2 aromatic heterocycles. The van der Waals surface area contributed by atoms with Crippen LogP contribution in [0, 0.1) is 6.92 Å². The molecule has 10 heteroatoms. The number of hydrogen-bond acceptors (Lipinski definition) is 6. The molecular weight excluding hydrogens is 339 g/mol. The zero-order chi connectivity index (χ0) is 16.2. The predicted octanol–water partition coefficient (Wildman–Crippen LogP) is 3.12. The van der Waals surface area contributed by atoms with Crippen LogP contribution in [0.3, 0.4) is 0 Å². The Morgan fingerprint density at radius 1 is 1.45 bits per heavy atom. The van der Waals surface area contributed by atoms with Gasteiger partial charge in [-0.05, 0) is 19.1 Å². The molecule has 0 aliphatic heterocycles. The van der Waals surface area contributed by atoms with Gasteiger partial charge in [-0.1, -0.05) is 23.1 Å². The van der Waals surface area contributed by atoms with Crippen LogP contribution in [0.4, 0.5) is 13.2 Å². The van der Waals surface area contributed by atoms with Crippen molar-refractivity contribution in [3.05, 3.63) is 29.2 Å². The molecule has 0 fully saturated rings. The second-order valence-corrected chi connectivity index (χ2v) is 6.72. The second-order valence-electron chi connectivity index (χ2n) is 4.32. The van der Waals surface area contributed by atoms with Gasteiger partial charge in [0.05, 0.1) is 18.6 Å². The number of alkyl halides is 3. The standard InChI is InChI=1S/C12H12F3N3O2S2/c1-8-16-17-11(22-8)21-6-10(19)18(7-12(13,14)15)5-9-3-2-4-20-9/h2-4H,5-7H2,1H3. The van der Waals surface area contributed by atoms with Crippen LogP contribution >= 0.6 is 23.1 Å². The average molecular weight is 351 g/mol. The van der Waals surface area contributed by atoms with E-state index in [0.29, 0.717) is 10.1 Å². The molecule has 2 rings (SSSR count). The number of thioether (sulfide) groups is 1. The fourth-order valence-electron chi connectivity index (χ4n) is 1.59. The van der Waals surface area contributed by atoms with Crippen LogP contribution in [0.2, 0.25) is 0 Å². The van der Waals surface area contributed by atoms with Gasteiger partial charge in [0.2, 0.25) is 5.91 Å². The number of carbonyl (C=O) groups excluding carboxylic acids is 1. The highest BCUT2D eigenvalue weighted by Gasteiger charge is 2.33. The van der Waals surface area contributed by atoms with Crippen LogP contribution in [0.5, 0.6) is 0 Å². The van der Waals surface area contributed by atoms with E-state index in [1.54, 1.807) is 13.0 Å². The van der Waals surface area contributed by atoms with E-state index in [1.807, 2.05) is 0 Å². The van der Waals surface area contributed by atoms with Gasteiger partial charge in [-0.25, -0.2) is 0 Å². The van der Waals surface area contributed by atoms with E-state index in [4.69, 9.17) is 4.42 Å². The Morgan fingerprint density at radius 3 is 2.77 bits per heavy atom. The number of hydrogen-bond donors (Lipinski definition) is 0. The fraction of sp³-hybridized carbons (Fsp3) is 0.417. The highest BCUT2D eigenvalue weighted by atomic mass is 32.2. The van der Waals surface area contributed by atoms with Gasteiger partial charge in [-0.2, -0.15) is 13.2 Å². The molecule has 2 aromatic rings. The maximum Gasteiger partial charge on any atom is 0.406 e. The van der Waals surface area contributed by atoms with Crippen molar-refractivity contribution in [2.24, 2.45) is 0 Å². The van der Waals surface area contributed by atoms with Crippen molar-refractivity contribution in [1.29, 1.82) is 0 Å². The van der Waals surface area contributed by atoms with E-state index >= 15 is 0 Å². The van der Waals surface area contributed by atoms with E-state index in [1.165, 1.54) is 23.7 Å². The molecule has 0 N–H and O–H groups in total. The number of rotatable bonds is 6. The average Bonchev–Trinajstić information content (AvgIpc) is 3.05. The van der Waals surface area contributed by atoms with Gasteiger partial charge in [0.25, 0.3) is 0 Å². The van der Waals surface area contributed by atoms with Crippen molar-refractivity contribution in [3.63, 3.8) is 0 Å². The van der Waals surface area contributed by atoms with Gasteiger partial charge in [0.1, 0.15) is 17.3 Å². The van der Waals surface area contributed by atoms with Crippen LogP contribution < -0.4 is 0 Å². The third kappa shape index (κ3) is 5.34. The molecule has 120 valence electrons. The van der Waals surface area contributed by atoms with Crippen molar-refractivity contribution in [2.45, 2.75) is 24.0 Å². The molecule has 0 atom stereocenters. The number of aromatic nitrogens is 2. The number of aryl methyl sites for hydroxylation is 1. The lowest BCUT2D eigenvalue weighted by molar-refractivity contribution is -0.161. The SMILES string of the molecule is Cc1nnc(SCC(=O)N(Cc2ccco2)CC(F)(F)F)s1. The molecule has 0 aliphatic carbocycles. The molecular formula is C12H12F3N3O2S2. The van der Waals surface area contributed by atoms with Crippen LogP contribution in [0.1, 0.15) is 10.8 Å². The van der Waals surface area contributed by atoms with Crippen LogP contribution in [0.25, 0.3) is 0 Å². The summed E-state index contributed by atoms with van der Waals surface area (Å²) in [6, 6.07) is 3.09. The summed E-state index contributed by atoms with van der Waals surface area (Å²) in [4.78, 5) is 12.8. The van der Waals surface area contributed by atoms with Gasteiger partial charge in [-0.3, -0.25) is 4.79 Å². The van der Waals surface area contributed by atoms with Gasteiger partial charge in [0.15, 0.2) is 4.34 Å². The maximum absolute atomic E-state index is 12.6. The normalized spacial score (nSPS) is 11.6. The lowest BCUT2D eigenvalue weighted by Gasteiger charge is -2.22. The highest BCUT2D eigenvalue weighted by molar-refractivity contribution is 8.01. The summed E-state index contributed by atoms with van der Waals surface area (Å²) in [5, 5.41) is 8.34. The molecule has 22 heavy (non-hydrogen) atoms. The first kappa shape index (κ1) is 16.8. The van der Waals surface area contributed by atoms with Gasteiger partial charge in [-0.15, -0.1) is 10.2 Å². The van der Waals surface area contributed by atoms with Crippen molar-refractivity contribution in [2.75, 3.05) is 12.3 Å². The van der Waals surface area contributed by atoms with Crippen molar-refractivity contribution in [1.82, 2.24) is 15.1 Å². The number of nitrogens with zero attached hydrogens (tertiary/aromatic N) is 3. The summed E-state index contributed by atoms with van der Waals surface area (Å²) >= 11 is 2.36. The Bertz CT molecular complexity index is 613. The van der Waals surface area contributed by atoms with E-state index in [9.17, 15) is 18.0 Å². The Morgan fingerprint density at radius 2 is 2.23 bits per heavy atom. The van der Waals surface area contributed by atoms with Gasteiger partial charge < -0.3 is 9.32 Å². The fourth-order valence-corrected chi connectivity index (χ4v) is 3.31. The molecule has 0 saturated heterocycles. The Kier molecular flexibility index (Phi) is 5.46. The van der Waals surface area contributed by atoms with E-state index < -0.39 is 18.6 Å². The van der Waals surface area contributed by atoms with E-state index in [0.717, 1.165) is 21.7 Å². The number of halogens is 3. The first-order valence-corrected chi connectivity index (χ1v) is 7.93. The summed E-state index contributed by atoms with van der Waals surface area (Å²) in [6.45, 7) is 0.222. The number of carbonyl (C=O) groups is 1. The molecule has 0 radical (unpaired) electrons. The minimum Gasteiger partial charge on any atom is -0.467 e. The topological polar surface area (TPSA) is 59.2 Å². The summed E-state index contributed by atoms with van der Waals surface area (Å²) in [5.74, 6) is -0.466. The van der Waals surface area contributed by atoms with Crippen LogP contribution in [0.15, 0.2) is 27.2 Å². The first-order valence-electron chi connectivity index (χ1n) is 6.13. The summed E-state index contributed by atoms with van der Waals surface area (Å²) < 4.78 is 43.4. The predicted molar refractivity (Wildman–Crippen MR) is 75.6 cm³/mol. The van der Waals surface area contributed by atoms with Crippen LogP contribution in [-0.2, 0) is 11.3 Å². The lowest BCUT2D eigenvalue weighted by atomic mass is 10.3. The lowest BCUT2D eigenvalue weighted by Crippen LogP contribution is -2.39. The van der Waals surface area contributed by atoms with Crippen LogP contribution in [-0.4, -0.2) is 39.5 Å². The highest BCUT2D eigenvalue weighted by Crippen LogP contribution is 2.24. The van der Waals surface area contributed by atoms with Crippen molar-refractivity contribution < 1.29 is 22.4 Å². The maximum atomic E-state index is 12.6. The van der Waals surface area contributed by atoms with Gasteiger partial charge in [0, 0.05) is 0 Å².